The molecule has 1 atom stereocenters. The Morgan fingerprint density at radius 3 is 2.27 bits per heavy atom. The molecule has 2 fully saturated rings. The number of ether oxygens (including phenoxy) is 2. The number of carboxylic acids is 1. The second-order valence-corrected chi connectivity index (χ2v) is 10.2. The minimum Gasteiger partial charge on any atom is -0.487 e. The molecule has 1 unspecified atom stereocenters. The lowest BCUT2D eigenvalue weighted by atomic mass is 9.76. The van der Waals surface area contributed by atoms with Crippen LogP contribution in [0.1, 0.15) is 63.9 Å². The van der Waals surface area contributed by atoms with E-state index in [1.807, 2.05) is 4.90 Å². The molecule has 1 aromatic rings. The molecule has 0 bridgehead atoms. The first kappa shape index (κ1) is 29.2. The first-order valence-electron chi connectivity index (χ1n) is 13.2. The zero-order valence-corrected chi connectivity index (χ0v) is 21.8. The molecule has 0 aliphatic carbocycles. The van der Waals surface area contributed by atoms with Crippen LogP contribution in [0.5, 0.6) is 5.75 Å². The van der Waals surface area contributed by atoms with Gasteiger partial charge in [0.25, 0.3) is 0 Å². The van der Waals surface area contributed by atoms with Crippen molar-refractivity contribution in [3.63, 3.8) is 0 Å². The molecule has 37 heavy (non-hydrogen) atoms. The highest BCUT2D eigenvalue weighted by atomic mass is 19.4. The fraction of sp³-hybridized carbons (Fsp3) is 0.704. The molecule has 3 aliphatic heterocycles. The van der Waals surface area contributed by atoms with Crippen molar-refractivity contribution in [2.45, 2.75) is 70.1 Å². The number of amides is 1. The third-order valence-electron chi connectivity index (χ3n) is 7.71. The van der Waals surface area contributed by atoms with Gasteiger partial charge in [-0.05, 0) is 63.5 Å². The van der Waals surface area contributed by atoms with Gasteiger partial charge in [0.05, 0.1) is 0 Å². The van der Waals surface area contributed by atoms with E-state index in [4.69, 9.17) is 19.4 Å². The summed E-state index contributed by atoms with van der Waals surface area (Å²) in [5, 5.41) is 7.12. The number of likely N-dealkylation sites (tertiary alicyclic amines) is 1. The number of para-hydroxylation sites is 1. The van der Waals surface area contributed by atoms with Crippen LogP contribution >= 0.6 is 0 Å². The summed E-state index contributed by atoms with van der Waals surface area (Å²) in [6.45, 7) is 10.9. The highest BCUT2D eigenvalue weighted by molar-refractivity contribution is 5.77. The summed E-state index contributed by atoms with van der Waals surface area (Å²) in [6.07, 6.45) is 0.973. The van der Waals surface area contributed by atoms with Gasteiger partial charge in [-0.15, -0.1) is 0 Å². The Labute approximate surface area is 216 Å². The van der Waals surface area contributed by atoms with Crippen LogP contribution < -0.4 is 4.74 Å². The molecule has 3 heterocycles. The van der Waals surface area contributed by atoms with Gasteiger partial charge in [0.1, 0.15) is 11.4 Å². The molecule has 0 aromatic heterocycles. The van der Waals surface area contributed by atoms with Crippen molar-refractivity contribution in [3.8, 4) is 5.75 Å². The van der Waals surface area contributed by atoms with Crippen molar-refractivity contribution in [2.24, 2.45) is 5.92 Å². The van der Waals surface area contributed by atoms with Crippen LogP contribution in [-0.4, -0.2) is 84.5 Å². The number of aliphatic carboxylic acids is 1. The summed E-state index contributed by atoms with van der Waals surface area (Å²) in [5.41, 5.74) is 1.10. The van der Waals surface area contributed by atoms with Gasteiger partial charge in [0.15, 0.2) is 0 Å². The number of nitrogens with zero attached hydrogens (tertiary/aromatic N) is 2. The molecular formula is C27H39F3N2O5. The summed E-state index contributed by atoms with van der Waals surface area (Å²) in [5.74, 6) is -0.453. The molecule has 0 saturated carbocycles. The number of rotatable bonds is 6. The van der Waals surface area contributed by atoms with E-state index in [0.29, 0.717) is 6.42 Å². The van der Waals surface area contributed by atoms with Crippen LogP contribution in [0.3, 0.4) is 0 Å². The molecule has 1 amide bonds. The average Bonchev–Trinajstić information content (AvgIpc) is 2.87. The van der Waals surface area contributed by atoms with Crippen molar-refractivity contribution in [3.05, 3.63) is 29.8 Å². The van der Waals surface area contributed by atoms with Crippen molar-refractivity contribution in [1.29, 1.82) is 0 Å². The lowest BCUT2D eigenvalue weighted by Crippen LogP contribution is -2.51. The molecule has 1 spiro atoms. The van der Waals surface area contributed by atoms with Gasteiger partial charge in [-0.2, -0.15) is 13.2 Å². The van der Waals surface area contributed by atoms with Crippen LogP contribution in [0, 0.1) is 5.92 Å². The minimum absolute atomic E-state index is 0.116. The summed E-state index contributed by atoms with van der Waals surface area (Å²) < 4.78 is 43.9. The second-order valence-electron chi connectivity index (χ2n) is 10.2. The number of hydrogen-bond donors (Lipinski definition) is 1. The maximum absolute atomic E-state index is 12.9. The number of halogens is 3. The monoisotopic (exact) mass is 528 g/mol. The van der Waals surface area contributed by atoms with Crippen molar-refractivity contribution in [1.82, 2.24) is 9.80 Å². The number of fused-ring (bicyclic) bond motifs is 1. The van der Waals surface area contributed by atoms with E-state index in [-0.39, 0.29) is 17.4 Å². The number of alkyl halides is 3. The Morgan fingerprint density at radius 1 is 1.11 bits per heavy atom. The van der Waals surface area contributed by atoms with Crippen LogP contribution in [0.2, 0.25) is 0 Å². The van der Waals surface area contributed by atoms with E-state index in [1.165, 1.54) is 24.9 Å². The van der Waals surface area contributed by atoms with Crippen molar-refractivity contribution >= 4 is 11.9 Å². The normalized spacial score (nSPS) is 21.8. The molecule has 1 N–H and O–H groups in total. The lowest BCUT2D eigenvalue weighted by molar-refractivity contribution is -0.192. The zero-order chi connectivity index (χ0) is 27.1. The van der Waals surface area contributed by atoms with Crippen LogP contribution in [-0.2, 0) is 14.3 Å². The number of carboxylic acid groups (broad SMARTS) is 1. The van der Waals surface area contributed by atoms with Gasteiger partial charge in [-0.3, -0.25) is 4.79 Å². The highest BCUT2D eigenvalue weighted by Gasteiger charge is 2.44. The van der Waals surface area contributed by atoms with Crippen LogP contribution in [0.25, 0.3) is 0 Å². The van der Waals surface area contributed by atoms with Crippen LogP contribution in [0.15, 0.2) is 24.3 Å². The molecule has 2 saturated heterocycles. The van der Waals surface area contributed by atoms with Gasteiger partial charge in [0, 0.05) is 58.3 Å². The van der Waals surface area contributed by atoms with E-state index in [9.17, 15) is 18.0 Å². The average molecular weight is 529 g/mol. The number of hydrogen-bond acceptors (Lipinski definition) is 5. The Kier molecular flexibility index (Phi) is 10.2. The van der Waals surface area contributed by atoms with Gasteiger partial charge < -0.3 is 24.4 Å². The van der Waals surface area contributed by atoms with Crippen molar-refractivity contribution in [2.75, 3.05) is 45.9 Å². The molecule has 10 heteroatoms. The van der Waals surface area contributed by atoms with Gasteiger partial charge in [0.2, 0.25) is 5.91 Å². The number of carbonyl (C=O) groups is 2. The summed E-state index contributed by atoms with van der Waals surface area (Å²) in [6, 6.07) is 8.38. The Balaban J connectivity index is 0.000000479. The number of piperidine rings is 1. The van der Waals surface area contributed by atoms with E-state index >= 15 is 0 Å². The Morgan fingerprint density at radius 2 is 1.70 bits per heavy atom. The van der Waals surface area contributed by atoms with Crippen molar-refractivity contribution < 1.29 is 37.3 Å². The molecule has 208 valence electrons. The molecular weight excluding hydrogens is 489 g/mol. The molecule has 7 nitrogen and oxygen atoms in total. The third-order valence-corrected chi connectivity index (χ3v) is 7.71. The maximum atomic E-state index is 12.9. The quantitative estimate of drug-likeness (QED) is 0.577. The zero-order valence-electron chi connectivity index (χ0n) is 21.8. The fourth-order valence-corrected chi connectivity index (χ4v) is 5.59. The standard InChI is InChI=1S/C25H38N2O3.C2HF3O2/c1-3-27(4-2)24(28)17-21-18-25(30-23-8-6-5-7-22(21)23)11-13-26(14-12-25)19-20-9-15-29-16-10-20;3-2(4,5)1(6)7/h5-8,20-21H,3-4,9-19H2,1-2H3;(H,6,7). The first-order valence-corrected chi connectivity index (χ1v) is 13.2. The molecule has 4 rings (SSSR count). The van der Waals surface area contributed by atoms with Crippen LogP contribution in [0.4, 0.5) is 13.2 Å². The minimum atomic E-state index is -5.08. The van der Waals surface area contributed by atoms with E-state index in [0.717, 1.165) is 70.3 Å². The van der Waals surface area contributed by atoms with E-state index in [1.54, 1.807) is 0 Å². The van der Waals surface area contributed by atoms with Gasteiger partial charge >= 0.3 is 12.1 Å². The summed E-state index contributed by atoms with van der Waals surface area (Å²) in [7, 11) is 0. The Bertz CT molecular complexity index is 892. The molecule has 1 aromatic carbocycles. The smallest absolute Gasteiger partial charge is 0.487 e. The summed E-state index contributed by atoms with van der Waals surface area (Å²) in [4.78, 5) is 26.4. The maximum Gasteiger partial charge on any atom is 0.490 e. The highest BCUT2D eigenvalue weighted by Crippen LogP contribution is 2.46. The van der Waals surface area contributed by atoms with Gasteiger partial charge in [-0.25, -0.2) is 4.79 Å². The molecule has 3 aliphatic rings. The Hall–Kier alpha value is -2.33. The lowest BCUT2D eigenvalue weighted by Gasteiger charge is -2.47. The SMILES string of the molecule is CCN(CC)C(=O)CC1CC2(CCN(CC3CCOCC3)CC2)Oc2ccccc21.O=C(O)C(F)(F)F. The predicted octanol–water partition coefficient (Wildman–Crippen LogP) is 4.71. The van der Waals surface area contributed by atoms with E-state index in [2.05, 4.69) is 43.0 Å². The number of benzene rings is 1. The second kappa shape index (κ2) is 13.0. The molecule has 0 radical (unpaired) electrons. The third kappa shape index (κ3) is 8.07. The summed E-state index contributed by atoms with van der Waals surface area (Å²) >= 11 is 0. The predicted molar refractivity (Wildman–Crippen MR) is 133 cm³/mol. The first-order chi connectivity index (χ1) is 17.6. The van der Waals surface area contributed by atoms with E-state index < -0.39 is 12.1 Å². The fourth-order valence-electron chi connectivity index (χ4n) is 5.59. The number of carbonyl (C=O) groups excluding carboxylic acids is 1. The van der Waals surface area contributed by atoms with Gasteiger partial charge in [-0.1, -0.05) is 18.2 Å². The largest absolute Gasteiger partial charge is 0.490 e. The topological polar surface area (TPSA) is 79.3 Å².